The minimum Gasteiger partial charge on any atom is -0.310 e. The second-order valence-electron chi connectivity index (χ2n) is 6.39. The maximum atomic E-state index is 12.3. The van der Waals surface area contributed by atoms with Gasteiger partial charge in [0.25, 0.3) is 0 Å². The van der Waals surface area contributed by atoms with Crippen molar-refractivity contribution in [3.63, 3.8) is 0 Å². The fourth-order valence-corrected chi connectivity index (χ4v) is 4.36. The standard InChI is InChI=1S/C17H20N6OS2/c1-11-8-14(22(2)21-11)18-16(24)10-26-17-20-19-15(23(17)12-5-6-12)9-13-4-3-7-25-13/h3-4,7-8,12H,5-6,9-10H2,1-2H3,(H,18,24). The Labute approximate surface area is 159 Å². The van der Waals surface area contributed by atoms with Gasteiger partial charge in [0.1, 0.15) is 11.6 Å². The normalized spacial score (nSPS) is 13.9. The third-order valence-electron chi connectivity index (χ3n) is 4.16. The van der Waals surface area contributed by atoms with E-state index in [0.717, 1.165) is 35.9 Å². The summed E-state index contributed by atoms with van der Waals surface area (Å²) in [5, 5.41) is 18.8. The molecule has 9 heteroatoms. The number of anilines is 1. The van der Waals surface area contributed by atoms with Crippen molar-refractivity contribution in [3.8, 4) is 0 Å². The van der Waals surface area contributed by atoms with Gasteiger partial charge < -0.3 is 9.88 Å². The zero-order valence-electron chi connectivity index (χ0n) is 14.7. The zero-order valence-corrected chi connectivity index (χ0v) is 16.3. The number of thiophene rings is 1. The van der Waals surface area contributed by atoms with Crippen LogP contribution in [0.3, 0.4) is 0 Å². The van der Waals surface area contributed by atoms with Crippen molar-refractivity contribution in [2.45, 2.75) is 37.4 Å². The van der Waals surface area contributed by atoms with E-state index >= 15 is 0 Å². The predicted octanol–water partition coefficient (Wildman–Crippen LogP) is 3.04. The van der Waals surface area contributed by atoms with E-state index in [0.29, 0.717) is 17.6 Å². The second-order valence-corrected chi connectivity index (χ2v) is 8.36. The van der Waals surface area contributed by atoms with E-state index in [1.54, 1.807) is 16.0 Å². The van der Waals surface area contributed by atoms with Gasteiger partial charge in [-0.1, -0.05) is 17.8 Å². The quantitative estimate of drug-likeness (QED) is 0.630. The average molecular weight is 389 g/mol. The molecular weight excluding hydrogens is 368 g/mol. The number of carbonyl (C=O) groups is 1. The molecule has 0 atom stereocenters. The Bertz CT molecular complexity index is 910. The van der Waals surface area contributed by atoms with Gasteiger partial charge in [-0.25, -0.2) is 0 Å². The number of amides is 1. The summed E-state index contributed by atoms with van der Waals surface area (Å²) in [6.07, 6.45) is 3.11. The predicted molar refractivity (Wildman–Crippen MR) is 103 cm³/mol. The highest BCUT2D eigenvalue weighted by Crippen LogP contribution is 2.39. The number of aromatic nitrogens is 5. The molecule has 3 aromatic rings. The van der Waals surface area contributed by atoms with Gasteiger partial charge in [0, 0.05) is 30.5 Å². The first-order valence-electron chi connectivity index (χ1n) is 8.49. The van der Waals surface area contributed by atoms with Gasteiger partial charge in [-0.15, -0.1) is 21.5 Å². The largest absolute Gasteiger partial charge is 0.310 e. The van der Waals surface area contributed by atoms with Gasteiger partial charge in [0.2, 0.25) is 5.91 Å². The molecule has 0 saturated heterocycles. The molecule has 0 unspecified atom stereocenters. The number of hydrogen-bond acceptors (Lipinski definition) is 6. The van der Waals surface area contributed by atoms with Crippen molar-refractivity contribution >= 4 is 34.8 Å². The van der Waals surface area contributed by atoms with Gasteiger partial charge in [-0.3, -0.25) is 9.48 Å². The lowest BCUT2D eigenvalue weighted by Gasteiger charge is -2.08. The Kier molecular flexibility index (Phi) is 4.82. The van der Waals surface area contributed by atoms with Crippen LogP contribution in [0.5, 0.6) is 0 Å². The van der Waals surface area contributed by atoms with Crippen LogP contribution in [0.1, 0.15) is 35.3 Å². The topological polar surface area (TPSA) is 77.6 Å². The van der Waals surface area contributed by atoms with Crippen LogP contribution in [0.15, 0.2) is 28.7 Å². The van der Waals surface area contributed by atoms with E-state index in [1.807, 2.05) is 20.0 Å². The molecule has 1 amide bonds. The summed E-state index contributed by atoms with van der Waals surface area (Å²) in [4.78, 5) is 13.6. The molecule has 1 saturated carbocycles. The summed E-state index contributed by atoms with van der Waals surface area (Å²) in [5.74, 6) is 1.92. The van der Waals surface area contributed by atoms with Crippen molar-refractivity contribution in [2.75, 3.05) is 11.1 Å². The SMILES string of the molecule is Cc1cc(NC(=O)CSc2nnc(Cc3cccs3)n2C2CC2)n(C)n1. The molecule has 1 aliphatic rings. The number of hydrogen-bond donors (Lipinski definition) is 1. The molecular formula is C17H20N6OS2. The molecule has 0 spiro atoms. The van der Waals surface area contributed by atoms with Crippen LogP contribution in [0.2, 0.25) is 0 Å². The highest BCUT2D eigenvalue weighted by Gasteiger charge is 2.30. The van der Waals surface area contributed by atoms with Gasteiger partial charge in [-0.2, -0.15) is 5.10 Å². The fourth-order valence-electron chi connectivity index (χ4n) is 2.83. The van der Waals surface area contributed by atoms with Crippen LogP contribution in [-0.4, -0.2) is 36.2 Å². The Hall–Kier alpha value is -2.13. The minimum atomic E-state index is -0.0665. The monoisotopic (exact) mass is 388 g/mol. The number of nitrogens with one attached hydrogen (secondary N) is 1. The highest BCUT2D eigenvalue weighted by atomic mass is 32.2. The molecule has 1 N–H and O–H groups in total. The minimum absolute atomic E-state index is 0.0665. The lowest BCUT2D eigenvalue weighted by molar-refractivity contribution is -0.113. The van der Waals surface area contributed by atoms with E-state index in [1.165, 1.54) is 16.6 Å². The molecule has 0 aromatic carbocycles. The van der Waals surface area contributed by atoms with Crippen molar-refractivity contribution in [1.82, 2.24) is 24.5 Å². The second kappa shape index (κ2) is 7.24. The fraction of sp³-hybridized carbons (Fsp3) is 0.412. The highest BCUT2D eigenvalue weighted by molar-refractivity contribution is 7.99. The average Bonchev–Trinajstić information content (AvgIpc) is 3.00. The van der Waals surface area contributed by atoms with Crippen molar-refractivity contribution in [1.29, 1.82) is 0 Å². The van der Waals surface area contributed by atoms with Gasteiger partial charge in [0.15, 0.2) is 5.16 Å². The summed E-state index contributed by atoms with van der Waals surface area (Å²) in [6.45, 7) is 1.90. The molecule has 1 fully saturated rings. The van der Waals surface area contributed by atoms with E-state index in [9.17, 15) is 4.79 Å². The first kappa shape index (κ1) is 17.3. The Morgan fingerprint density at radius 2 is 2.27 bits per heavy atom. The lowest BCUT2D eigenvalue weighted by atomic mass is 10.3. The van der Waals surface area contributed by atoms with E-state index in [4.69, 9.17) is 0 Å². The Balaban J connectivity index is 1.42. The molecule has 0 radical (unpaired) electrons. The summed E-state index contributed by atoms with van der Waals surface area (Å²) in [5.41, 5.74) is 0.877. The Morgan fingerprint density at radius 1 is 1.42 bits per heavy atom. The first-order valence-corrected chi connectivity index (χ1v) is 10.4. The number of nitrogens with zero attached hydrogens (tertiary/aromatic N) is 5. The summed E-state index contributed by atoms with van der Waals surface area (Å²) in [6, 6.07) is 6.50. The summed E-state index contributed by atoms with van der Waals surface area (Å²) in [7, 11) is 1.82. The van der Waals surface area contributed by atoms with E-state index < -0.39 is 0 Å². The van der Waals surface area contributed by atoms with Crippen LogP contribution in [0, 0.1) is 6.92 Å². The molecule has 7 nitrogen and oxygen atoms in total. The van der Waals surface area contributed by atoms with Gasteiger partial charge >= 0.3 is 0 Å². The number of rotatable bonds is 7. The van der Waals surface area contributed by atoms with Crippen LogP contribution in [0.25, 0.3) is 0 Å². The molecule has 1 aliphatic carbocycles. The maximum Gasteiger partial charge on any atom is 0.235 e. The van der Waals surface area contributed by atoms with Crippen molar-refractivity contribution in [3.05, 3.63) is 40.0 Å². The van der Waals surface area contributed by atoms with Crippen molar-refractivity contribution in [2.24, 2.45) is 7.05 Å². The number of thioether (sulfide) groups is 1. The molecule has 26 heavy (non-hydrogen) atoms. The van der Waals surface area contributed by atoms with E-state index in [2.05, 4.69) is 42.7 Å². The van der Waals surface area contributed by atoms with Crippen LogP contribution in [0.4, 0.5) is 5.82 Å². The van der Waals surface area contributed by atoms with Crippen molar-refractivity contribution < 1.29 is 4.79 Å². The third kappa shape index (κ3) is 3.83. The molecule has 136 valence electrons. The van der Waals surface area contributed by atoms with Gasteiger partial charge in [-0.05, 0) is 31.2 Å². The maximum absolute atomic E-state index is 12.3. The van der Waals surface area contributed by atoms with Crippen LogP contribution in [-0.2, 0) is 18.3 Å². The number of aryl methyl sites for hydroxylation is 2. The Morgan fingerprint density at radius 3 is 2.92 bits per heavy atom. The third-order valence-corrected chi connectivity index (χ3v) is 5.98. The zero-order chi connectivity index (χ0) is 18.1. The van der Waals surface area contributed by atoms with Crippen LogP contribution >= 0.6 is 23.1 Å². The summed E-state index contributed by atoms with van der Waals surface area (Å²) < 4.78 is 3.88. The number of carbonyl (C=O) groups excluding carboxylic acids is 1. The lowest BCUT2D eigenvalue weighted by Crippen LogP contribution is -2.17. The smallest absolute Gasteiger partial charge is 0.235 e. The molecule has 3 aromatic heterocycles. The molecule has 0 bridgehead atoms. The molecule has 4 rings (SSSR count). The molecule has 3 heterocycles. The summed E-state index contributed by atoms with van der Waals surface area (Å²) >= 11 is 3.17. The molecule has 0 aliphatic heterocycles. The van der Waals surface area contributed by atoms with Crippen LogP contribution < -0.4 is 5.32 Å². The van der Waals surface area contributed by atoms with Gasteiger partial charge in [0.05, 0.1) is 11.4 Å². The van der Waals surface area contributed by atoms with E-state index in [-0.39, 0.29) is 5.91 Å². The first-order chi connectivity index (χ1) is 12.6.